The van der Waals surface area contributed by atoms with E-state index in [1.54, 1.807) is 0 Å². The average Bonchev–Trinajstić information content (AvgIpc) is 3.98. The van der Waals surface area contributed by atoms with Gasteiger partial charge in [0, 0.05) is 4.48 Å². The first-order valence-corrected chi connectivity index (χ1v) is 17.0. The van der Waals surface area contributed by atoms with E-state index in [0.717, 1.165) is 93.8 Å². The zero-order valence-corrected chi connectivity index (χ0v) is 31.5. The van der Waals surface area contributed by atoms with Crippen molar-refractivity contribution in [3.05, 3.63) is 168 Å². The van der Waals surface area contributed by atoms with Crippen molar-refractivity contribution in [3.63, 3.8) is 0 Å². The van der Waals surface area contributed by atoms with Gasteiger partial charge in [-0.3, -0.25) is 0 Å². The number of hydrogen-bond donors (Lipinski definition) is 0. The Hall–Kier alpha value is -5.42. The molecule has 232 valence electrons. The Bertz CT molecular complexity index is 2590. The second-order valence-corrected chi connectivity index (χ2v) is 12.8. The van der Waals surface area contributed by atoms with Crippen molar-refractivity contribution >= 4 is 60.7 Å². The van der Waals surface area contributed by atoms with Crippen molar-refractivity contribution in [1.82, 2.24) is 19.9 Å². The molecule has 0 N–H and O–H groups in total. The van der Waals surface area contributed by atoms with Crippen molar-refractivity contribution in [1.29, 1.82) is 0 Å². The summed E-state index contributed by atoms with van der Waals surface area (Å²) < 4.78 is 0.890. The van der Waals surface area contributed by atoms with E-state index >= 15 is 0 Å². The van der Waals surface area contributed by atoms with E-state index in [-0.39, 0.29) is 19.5 Å². The number of nitrogens with zero attached hydrogens (tertiary/aromatic N) is 4. The Kier molecular flexibility index (Phi) is 8.58. The van der Waals surface area contributed by atoms with Crippen LogP contribution in [0.15, 0.2) is 146 Å². The Morgan fingerprint density at radius 3 is 1.12 bits per heavy atom. The quantitative estimate of drug-likeness (QED) is 0.168. The summed E-state index contributed by atoms with van der Waals surface area (Å²) in [4.78, 5) is 21.3. The molecule has 6 heteroatoms. The molecule has 2 aliphatic rings. The van der Waals surface area contributed by atoms with Gasteiger partial charge in [-0.25, -0.2) is 9.97 Å². The van der Waals surface area contributed by atoms with E-state index in [1.165, 1.54) is 0 Å². The van der Waals surface area contributed by atoms with E-state index in [0.29, 0.717) is 0 Å². The van der Waals surface area contributed by atoms with Crippen LogP contribution in [0.1, 0.15) is 22.8 Å². The summed E-state index contributed by atoms with van der Waals surface area (Å²) in [6, 6.07) is 49.9. The van der Waals surface area contributed by atoms with Gasteiger partial charge >= 0.3 is 19.5 Å². The predicted molar refractivity (Wildman–Crippen MR) is 206 cm³/mol. The maximum atomic E-state index is 5.36. The fourth-order valence-electron chi connectivity index (χ4n) is 6.73. The normalized spacial score (nSPS) is 12.0. The van der Waals surface area contributed by atoms with Crippen molar-refractivity contribution in [3.8, 4) is 44.5 Å². The second-order valence-electron chi connectivity index (χ2n) is 11.9. The topological polar surface area (TPSA) is 54.0 Å². The summed E-state index contributed by atoms with van der Waals surface area (Å²) in [7, 11) is 0. The Balaban J connectivity index is 0.00000361. The molecule has 50 heavy (non-hydrogen) atoms. The number of benzene rings is 4. The van der Waals surface area contributed by atoms with Crippen molar-refractivity contribution < 1.29 is 19.5 Å². The largest absolute Gasteiger partial charge is 2.00 e. The average molecular weight is 757 g/mol. The first-order valence-electron chi connectivity index (χ1n) is 16.2. The van der Waals surface area contributed by atoms with Crippen LogP contribution in [0, 0.1) is 0 Å². The van der Waals surface area contributed by atoms with Crippen LogP contribution in [-0.4, -0.2) is 9.97 Å². The fourth-order valence-corrected chi connectivity index (χ4v) is 7.23. The third kappa shape index (κ3) is 5.71. The molecule has 5 heterocycles. The first kappa shape index (κ1) is 31.8. The minimum Gasteiger partial charge on any atom is -0.657 e. The molecule has 0 saturated heterocycles. The van der Waals surface area contributed by atoms with E-state index in [9.17, 15) is 0 Å². The molecule has 0 atom stereocenters. The van der Waals surface area contributed by atoms with E-state index in [1.807, 2.05) is 24.3 Å². The number of aromatic nitrogens is 4. The Morgan fingerprint density at radius 1 is 0.380 bits per heavy atom. The summed E-state index contributed by atoms with van der Waals surface area (Å²) in [5.74, 6) is 0. The van der Waals surface area contributed by atoms with Gasteiger partial charge in [0.05, 0.1) is 22.8 Å². The Labute approximate surface area is 311 Å². The van der Waals surface area contributed by atoms with Crippen LogP contribution in [0.25, 0.3) is 89.3 Å². The van der Waals surface area contributed by atoms with E-state index < -0.39 is 0 Å². The van der Waals surface area contributed by atoms with Gasteiger partial charge in [0.25, 0.3) is 0 Å². The van der Waals surface area contributed by atoms with Crippen molar-refractivity contribution in [2.45, 2.75) is 0 Å². The van der Waals surface area contributed by atoms with Crippen LogP contribution in [0.3, 0.4) is 0 Å². The van der Waals surface area contributed by atoms with Crippen LogP contribution in [0.4, 0.5) is 0 Å². The molecule has 8 bridgehead atoms. The van der Waals surface area contributed by atoms with Crippen LogP contribution in [0.2, 0.25) is 0 Å². The number of halogens is 1. The zero-order chi connectivity index (χ0) is 32.7. The maximum Gasteiger partial charge on any atom is 2.00 e. The van der Waals surface area contributed by atoms with Crippen LogP contribution in [0.5, 0.6) is 0 Å². The van der Waals surface area contributed by atoms with Crippen LogP contribution >= 0.6 is 15.9 Å². The van der Waals surface area contributed by atoms with Gasteiger partial charge in [0.2, 0.25) is 0 Å². The van der Waals surface area contributed by atoms with Crippen LogP contribution in [-0.2, 0) is 19.5 Å². The molecular formula is C44H27BrN4Zn. The number of hydrogen-bond acceptors (Lipinski definition) is 2. The monoisotopic (exact) mass is 754 g/mol. The first-order chi connectivity index (χ1) is 24.2. The summed E-state index contributed by atoms with van der Waals surface area (Å²) >= 11 is 3.92. The third-order valence-corrected chi connectivity index (χ3v) is 9.53. The molecule has 0 radical (unpaired) electrons. The maximum absolute atomic E-state index is 5.36. The number of fused-ring (bicyclic) bond motifs is 8. The molecule has 0 spiro atoms. The molecule has 4 nitrogen and oxygen atoms in total. The van der Waals surface area contributed by atoms with E-state index in [2.05, 4.69) is 155 Å². The standard InChI is InChI=1S/C44H27BrN4.Zn/c45-32-27-39-42(30-17-9-3-10-18-30)37-24-23-35(47-37)40(28-13-5-1-6-14-28)33-21-22-34(46-33)41(29-15-7-2-8-16-29)36-25-26-38(48-36)43(44(32)49-39)31-19-11-4-12-20-31;/h1-27H;/q-2;+2. The van der Waals surface area contributed by atoms with Crippen molar-refractivity contribution in [2.75, 3.05) is 0 Å². The molecule has 2 aliphatic heterocycles. The van der Waals surface area contributed by atoms with Gasteiger partial charge < -0.3 is 9.97 Å². The van der Waals surface area contributed by atoms with Crippen molar-refractivity contribution in [2.24, 2.45) is 0 Å². The molecular weight excluding hydrogens is 730 g/mol. The molecule has 0 unspecified atom stereocenters. The summed E-state index contributed by atoms with van der Waals surface area (Å²) in [5.41, 5.74) is 14.8. The fraction of sp³-hybridized carbons (Fsp3) is 0. The van der Waals surface area contributed by atoms with Gasteiger partial charge in [-0.15, -0.1) is 22.1 Å². The second kappa shape index (κ2) is 13.5. The molecule has 9 rings (SSSR count). The molecule has 4 aromatic carbocycles. The summed E-state index contributed by atoms with van der Waals surface area (Å²) in [6.07, 6.45) is 6.30. The molecule has 3 aromatic heterocycles. The van der Waals surface area contributed by atoms with Crippen LogP contribution < -0.4 is 9.97 Å². The summed E-state index contributed by atoms with van der Waals surface area (Å²) in [6.45, 7) is 0. The van der Waals surface area contributed by atoms with Gasteiger partial charge in [-0.2, -0.15) is 0 Å². The van der Waals surface area contributed by atoms with Gasteiger partial charge in [-0.1, -0.05) is 146 Å². The minimum atomic E-state index is 0. The van der Waals surface area contributed by atoms with Gasteiger partial charge in [0.1, 0.15) is 0 Å². The van der Waals surface area contributed by atoms with E-state index in [4.69, 9.17) is 19.9 Å². The Morgan fingerprint density at radius 2 is 0.720 bits per heavy atom. The van der Waals surface area contributed by atoms with Gasteiger partial charge in [-0.05, 0) is 78.7 Å². The minimum absolute atomic E-state index is 0. The zero-order valence-electron chi connectivity index (χ0n) is 27.0. The van der Waals surface area contributed by atoms with Gasteiger partial charge in [0.15, 0.2) is 0 Å². The third-order valence-electron chi connectivity index (χ3n) is 8.92. The molecule has 0 fully saturated rings. The molecule has 0 saturated carbocycles. The molecule has 0 amide bonds. The SMILES string of the molecule is BrC1=Cc2nc1c(-c1ccccc1)c1ccc([n-]1)c(-c1ccccc1)c1nc(c(-c3ccccc3)c3ccc([n-]3)c2-c2ccccc2)C=C1.[Zn+2]. The predicted octanol–water partition coefficient (Wildman–Crippen LogP) is 11.3. The number of rotatable bonds is 4. The smallest absolute Gasteiger partial charge is 0.657 e. The summed E-state index contributed by atoms with van der Waals surface area (Å²) in [5, 5.41) is 0. The molecule has 7 aromatic rings. The molecule has 0 aliphatic carbocycles.